The molecule has 0 radical (unpaired) electrons. The first-order chi connectivity index (χ1) is 7.04. The van der Waals surface area contributed by atoms with Gasteiger partial charge in [0.05, 0.1) is 0 Å². The van der Waals surface area contributed by atoms with Crippen molar-refractivity contribution in [3.63, 3.8) is 0 Å². The van der Waals surface area contributed by atoms with E-state index in [0.29, 0.717) is 0 Å². The first-order valence-electron chi connectivity index (χ1n) is 5.67. The molecule has 0 aliphatic rings. The van der Waals surface area contributed by atoms with E-state index in [0.717, 1.165) is 0 Å². The lowest BCUT2D eigenvalue weighted by Gasteiger charge is -2.07. The van der Waals surface area contributed by atoms with Crippen LogP contribution in [0.5, 0.6) is 0 Å². The fourth-order valence-corrected chi connectivity index (χ4v) is 1.06. The molecule has 0 bridgehead atoms. The number of nitrogens with zero attached hydrogens (tertiary/aromatic N) is 1. The van der Waals surface area contributed by atoms with Crippen LogP contribution in [0.2, 0.25) is 0 Å². The highest BCUT2D eigenvalue weighted by atomic mass is 16.5. The van der Waals surface area contributed by atoms with Crippen molar-refractivity contribution in [2.75, 3.05) is 34.4 Å². The van der Waals surface area contributed by atoms with Gasteiger partial charge in [0.1, 0.15) is 6.61 Å². The quantitative estimate of drug-likeness (QED) is 0.613. The van der Waals surface area contributed by atoms with Gasteiger partial charge in [-0.2, -0.15) is 0 Å². The lowest BCUT2D eigenvalue weighted by atomic mass is 10.2. The first kappa shape index (κ1) is 17.0. The van der Waals surface area contributed by atoms with E-state index >= 15 is 0 Å². The molecular weight excluding hydrogens is 190 g/mol. The minimum absolute atomic E-state index is 0.0671. The number of ether oxygens (including phenoxy) is 1. The van der Waals surface area contributed by atoms with Crippen LogP contribution in [0.3, 0.4) is 0 Å². The standard InChI is InChI=1S/C8H19N.C4H8O2/c1-4-5-6-7-8-9(2)3;1-4(5)3-6-2/h4-8H2,1-3H3;3H2,1-2H3. The summed E-state index contributed by atoms with van der Waals surface area (Å²) < 4.78 is 4.45. The third-order valence-corrected chi connectivity index (χ3v) is 1.81. The van der Waals surface area contributed by atoms with Crippen LogP contribution in [0, 0.1) is 0 Å². The van der Waals surface area contributed by atoms with Gasteiger partial charge in [-0.1, -0.05) is 26.2 Å². The summed E-state index contributed by atoms with van der Waals surface area (Å²) in [6, 6.07) is 0. The maximum absolute atomic E-state index is 9.92. The van der Waals surface area contributed by atoms with Crippen LogP contribution in [0.15, 0.2) is 0 Å². The van der Waals surface area contributed by atoms with Crippen LogP contribution in [-0.4, -0.2) is 45.0 Å². The highest BCUT2D eigenvalue weighted by Crippen LogP contribution is 1.98. The van der Waals surface area contributed by atoms with Gasteiger partial charge in [0.25, 0.3) is 0 Å². The molecule has 0 N–H and O–H groups in total. The summed E-state index contributed by atoms with van der Waals surface area (Å²) in [5.74, 6) is 0.0671. The topological polar surface area (TPSA) is 29.5 Å². The first-order valence-corrected chi connectivity index (χ1v) is 5.67. The Hall–Kier alpha value is -0.410. The van der Waals surface area contributed by atoms with Crippen LogP contribution in [-0.2, 0) is 9.53 Å². The molecule has 0 heterocycles. The van der Waals surface area contributed by atoms with Gasteiger partial charge in [-0.3, -0.25) is 4.79 Å². The number of methoxy groups -OCH3 is 1. The molecule has 0 saturated carbocycles. The fourth-order valence-electron chi connectivity index (χ4n) is 1.06. The molecule has 0 aliphatic heterocycles. The second-order valence-corrected chi connectivity index (χ2v) is 4.00. The Morgan fingerprint density at radius 2 is 1.80 bits per heavy atom. The minimum Gasteiger partial charge on any atom is -0.377 e. The van der Waals surface area contributed by atoms with Crippen LogP contribution in [0.1, 0.15) is 39.5 Å². The number of rotatable bonds is 7. The Labute approximate surface area is 94.8 Å². The fraction of sp³-hybridized carbons (Fsp3) is 0.917. The third-order valence-electron chi connectivity index (χ3n) is 1.81. The second-order valence-electron chi connectivity index (χ2n) is 4.00. The summed E-state index contributed by atoms with van der Waals surface area (Å²) in [6.07, 6.45) is 5.50. The lowest BCUT2D eigenvalue weighted by Crippen LogP contribution is -2.12. The molecule has 0 spiro atoms. The number of hydrogen-bond donors (Lipinski definition) is 0. The van der Waals surface area contributed by atoms with E-state index < -0.39 is 0 Å². The monoisotopic (exact) mass is 217 g/mol. The zero-order chi connectivity index (χ0) is 12.1. The highest BCUT2D eigenvalue weighted by molar-refractivity contribution is 5.76. The molecule has 0 fully saturated rings. The van der Waals surface area contributed by atoms with Gasteiger partial charge in [0, 0.05) is 7.11 Å². The Kier molecular flexibility index (Phi) is 15.4. The Balaban J connectivity index is 0. The van der Waals surface area contributed by atoms with Crippen LogP contribution in [0.25, 0.3) is 0 Å². The molecule has 0 aliphatic carbocycles. The van der Waals surface area contributed by atoms with Gasteiger partial charge < -0.3 is 9.64 Å². The number of ketones is 1. The summed E-state index contributed by atoms with van der Waals surface area (Å²) in [5.41, 5.74) is 0. The molecule has 0 aromatic rings. The van der Waals surface area contributed by atoms with Crippen molar-refractivity contribution in [2.45, 2.75) is 39.5 Å². The van der Waals surface area contributed by atoms with E-state index in [1.807, 2.05) is 0 Å². The Morgan fingerprint density at radius 3 is 2.07 bits per heavy atom. The van der Waals surface area contributed by atoms with Crippen molar-refractivity contribution in [2.24, 2.45) is 0 Å². The number of hydrogen-bond acceptors (Lipinski definition) is 3. The second kappa shape index (κ2) is 13.6. The predicted octanol–water partition coefficient (Wildman–Crippen LogP) is 2.35. The molecular formula is C12H27NO2. The lowest BCUT2D eigenvalue weighted by molar-refractivity contribution is -0.120. The van der Waals surface area contributed by atoms with Crippen molar-refractivity contribution in [3.05, 3.63) is 0 Å². The Bertz CT molecular complexity index is 136. The van der Waals surface area contributed by atoms with Gasteiger partial charge in [-0.25, -0.2) is 0 Å². The van der Waals surface area contributed by atoms with Gasteiger partial charge >= 0.3 is 0 Å². The molecule has 0 unspecified atom stereocenters. The number of carbonyl (C=O) groups excluding carboxylic acids is 1. The van der Waals surface area contributed by atoms with Crippen molar-refractivity contribution >= 4 is 5.78 Å². The SMILES string of the molecule is CCCCCCN(C)C.COCC(C)=O. The number of carbonyl (C=O) groups is 1. The summed E-state index contributed by atoms with van der Waals surface area (Å²) >= 11 is 0. The Morgan fingerprint density at radius 1 is 1.20 bits per heavy atom. The van der Waals surface area contributed by atoms with Gasteiger partial charge in [0.15, 0.2) is 5.78 Å². The maximum atomic E-state index is 9.92. The normalized spacial score (nSPS) is 9.73. The van der Waals surface area contributed by atoms with E-state index in [-0.39, 0.29) is 12.4 Å². The van der Waals surface area contributed by atoms with E-state index in [1.54, 1.807) is 0 Å². The molecule has 3 nitrogen and oxygen atoms in total. The summed E-state index contributed by atoms with van der Waals surface area (Å²) in [5, 5.41) is 0. The van der Waals surface area contributed by atoms with E-state index in [1.165, 1.54) is 46.3 Å². The molecule has 0 amide bonds. The summed E-state index contributed by atoms with van der Waals surface area (Å²) in [4.78, 5) is 12.2. The van der Waals surface area contributed by atoms with Crippen LogP contribution < -0.4 is 0 Å². The van der Waals surface area contributed by atoms with Crippen molar-refractivity contribution in [3.8, 4) is 0 Å². The average Bonchev–Trinajstić information content (AvgIpc) is 2.13. The zero-order valence-electron chi connectivity index (χ0n) is 11.0. The van der Waals surface area contributed by atoms with Crippen molar-refractivity contribution in [1.29, 1.82) is 0 Å². The third kappa shape index (κ3) is 24.7. The number of Topliss-reactive ketones (excluding diaryl/α,β-unsaturated/α-hetero) is 1. The highest BCUT2D eigenvalue weighted by Gasteiger charge is 1.88. The molecule has 15 heavy (non-hydrogen) atoms. The summed E-state index contributed by atoms with van der Waals surface area (Å²) in [7, 11) is 5.76. The average molecular weight is 217 g/mol. The smallest absolute Gasteiger partial charge is 0.155 e. The van der Waals surface area contributed by atoms with Crippen molar-refractivity contribution < 1.29 is 9.53 Å². The van der Waals surface area contributed by atoms with Gasteiger partial charge in [-0.05, 0) is 34.0 Å². The number of unbranched alkanes of at least 4 members (excludes halogenated alkanes) is 3. The van der Waals surface area contributed by atoms with Crippen LogP contribution >= 0.6 is 0 Å². The minimum atomic E-state index is 0.0671. The molecule has 3 heteroatoms. The molecule has 92 valence electrons. The van der Waals surface area contributed by atoms with E-state index in [4.69, 9.17) is 0 Å². The zero-order valence-corrected chi connectivity index (χ0v) is 11.0. The van der Waals surface area contributed by atoms with E-state index in [2.05, 4.69) is 30.7 Å². The molecule has 0 aromatic heterocycles. The largest absolute Gasteiger partial charge is 0.377 e. The van der Waals surface area contributed by atoms with Gasteiger partial charge in [-0.15, -0.1) is 0 Å². The summed E-state index contributed by atoms with van der Waals surface area (Å²) in [6.45, 7) is 5.22. The molecule has 0 rings (SSSR count). The van der Waals surface area contributed by atoms with Crippen LogP contribution in [0.4, 0.5) is 0 Å². The molecule has 0 saturated heterocycles. The predicted molar refractivity (Wildman–Crippen MR) is 65.3 cm³/mol. The maximum Gasteiger partial charge on any atom is 0.155 e. The van der Waals surface area contributed by atoms with Crippen molar-refractivity contribution in [1.82, 2.24) is 4.90 Å². The van der Waals surface area contributed by atoms with Gasteiger partial charge in [0.2, 0.25) is 0 Å². The molecule has 0 aromatic carbocycles. The molecule has 0 atom stereocenters. The van der Waals surface area contributed by atoms with E-state index in [9.17, 15) is 4.79 Å².